The summed E-state index contributed by atoms with van der Waals surface area (Å²) in [6, 6.07) is 101. The monoisotopic (exact) mass is 1120 g/mol. The summed E-state index contributed by atoms with van der Waals surface area (Å²) in [6.45, 7) is 22.1. The lowest BCUT2D eigenvalue weighted by molar-refractivity contribution is 0.660. The molecule has 3 aliphatic carbocycles. The Labute approximate surface area is 513 Å². The molecular weight excluding hydrogens is 1050 g/mol. The lowest BCUT2D eigenvalue weighted by Gasteiger charge is -2.36. The van der Waals surface area contributed by atoms with Crippen LogP contribution in [0.4, 0.5) is 34.1 Å². The molecule has 0 fully saturated rings. The summed E-state index contributed by atoms with van der Waals surface area (Å²) in [5.41, 5.74) is 32.7. The summed E-state index contributed by atoms with van der Waals surface area (Å²) >= 11 is 0. The fourth-order valence-corrected chi connectivity index (χ4v) is 15.4. The molecule has 3 aliphatic rings. The Morgan fingerprint density at radius 3 is 0.966 bits per heavy atom. The van der Waals surface area contributed by atoms with Gasteiger partial charge in [-0.25, -0.2) is 0 Å². The Kier molecular flexibility index (Phi) is 12.6. The normalized spacial score (nSPS) is 16.2. The Morgan fingerprint density at radius 2 is 0.598 bits per heavy atom. The Morgan fingerprint density at radius 1 is 0.276 bits per heavy atom. The molecule has 0 N–H and O–H groups in total. The molecule has 15 rings (SSSR count). The second-order valence-electron chi connectivity index (χ2n) is 24.8. The van der Waals surface area contributed by atoms with E-state index in [0.29, 0.717) is 0 Å². The molecule has 2 unspecified atom stereocenters. The zero-order valence-corrected chi connectivity index (χ0v) is 50.4. The first-order valence-corrected chi connectivity index (χ1v) is 30.5. The fourth-order valence-electron chi connectivity index (χ4n) is 15.4. The standard InChI is InChI=1S/C85H68N2/c1-9-59-33-37-61(38-34-59)84(77-49-55(3)29-31-57(77)5)75-27-19-17-25-69(75)73-47-43-67(53-81(73)84)86(63-21-13-11-14-22-63)65-41-45-71-72-46-42-66(52-80(72)83(7,8)79(71)51-65)87(64-23-15-12-16-24-64)68-44-48-74-70-26-18-20-28-76(70)85(82(74)54-68,62-39-35-60(10-2)36-40-62)78-50-56(4)30-32-58(78)6/h9-54H,1-2H2,3-8H3. The van der Waals surface area contributed by atoms with Gasteiger partial charge in [-0.1, -0.05) is 244 Å². The fraction of sp³-hybridized carbons (Fsp3) is 0.106. The van der Waals surface area contributed by atoms with Crippen molar-refractivity contribution in [1.29, 1.82) is 0 Å². The first-order chi connectivity index (χ1) is 42.4. The number of anilines is 6. The second kappa shape index (κ2) is 20.5. The van der Waals surface area contributed by atoms with Gasteiger partial charge in [0.25, 0.3) is 0 Å². The minimum atomic E-state index is -0.585. The van der Waals surface area contributed by atoms with Crippen LogP contribution >= 0.6 is 0 Å². The number of rotatable bonds is 12. The van der Waals surface area contributed by atoms with E-state index in [4.69, 9.17) is 0 Å². The van der Waals surface area contributed by atoms with Crippen LogP contribution in [0, 0.1) is 27.7 Å². The van der Waals surface area contributed by atoms with Gasteiger partial charge in [-0.05, 0) is 212 Å². The molecule has 0 amide bonds. The molecule has 0 heterocycles. The number of hydrogen-bond acceptors (Lipinski definition) is 2. The number of fused-ring (bicyclic) bond motifs is 9. The summed E-state index contributed by atoms with van der Waals surface area (Å²) in [5, 5.41) is 0. The van der Waals surface area contributed by atoms with Crippen LogP contribution < -0.4 is 9.80 Å². The van der Waals surface area contributed by atoms with E-state index in [2.05, 4.69) is 331 Å². The van der Waals surface area contributed by atoms with E-state index in [0.717, 1.165) is 45.3 Å². The molecule has 0 bridgehead atoms. The second-order valence-corrected chi connectivity index (χ2v) is 24.8. The summed E-state index contributed by atoms with van der Waals surface area (Å²) < 4.78 is 0. The third-order valence-corrected chi connectivity index (χ3v) is 19.5. The molecule has 0 aromatic heterocycles. The molecule has 0 saturated carbocycles. The van der Waals surface area contributed by atoms with Gasteiger partial charge in [0.05, 0.1) is 10.8 Å². The number of nitrogens with zero attached hydrogens (tertiary/aromatic N) is 2. The number of para-hydroxylation sites is 2. The van der Waals surface area contributed by atoms with Gasteiger partial charge in [0, 0.05) is 39.5 Å². The van der Waals surface area contributed by atoms with Gasteiger partial charge in [-0.3, -0.25) is 0 Å². The van der Waals surface area contributed by atoms with Crippen molar-refractivity contribution in [2.75, 3.05) is 9.80 Å². The quantitative estimate of drug-likeness (QED) is 0.120. The number of hydrogen-bond donors (Lipinski definition) is 0. The first-order valence-electron chi connectivity index (χ1n) is 30.5. The maximum atomic E-state index is 4.13. The van der Waals surface area contributed by atoms with Crippen LogP contribution in [-0.2, 0) is 16.2 Å². The zero-order valence-electron chi connectivity index (χ0n) is 50.4. The molecule has 0 aliphatic heterocycles. The van der Waals surface area contributed by atoms with E-state index >= 15 is 0 Å². The highest BCUT2D eigenvalue weighted by Crippen LogP contribution is 2.61. The minimum Gasteiger partial charge on any atom is -0.310 e. The third-order valence-electron chi connectivity index (χ3n) is 19.5. The smallest absolute Gasteiger partial charge is 0.0716 e. The molecule has 2 nitrogen and oxygen atoms in total. The number of benzene rings is 12. The third kappa shape index (κ3) is 8.08. The molecule has 418 valence electrons. The molecule has 2 atom stereocenters. The highest BCUT2D eigenvalue weighted by atomic mass is 15.1. The van der Waals surface area contributed by atoms with E-state index in [-0.39, 0.29) is 5.41 Å². The predicted octanol–water partition coefficient (Wildman–Crippen LogP) is 22.2. The van der Waals surface area contributed by atoms with Crippen LogP contribution in [0.15, 0.2) is 280 Å². The maximum absolute atomic E-state index is 4.13. The van der Waals surface area contributed by atoms with Crippen molar-refractivity contribution in [2.24, 2.45) is 0 Å². The molecule has 0 spiro atoms. The summed E-state index contributed by atoms with van der Waals surface area (Å²) in [6.07, 6.45) is 3.87. The van der Waals surface area contributed by atoms with Crippen molar-refractivity contribution in [1.82, 2.24) is 0 Å². The average molecular weight is 1120 g/mol. The topological polar surface area (TPSA) is 6.48 Å². The lowest BCUT2D eigenvalue weighted by atomic mass is 9.66. The maximum Gasteiger partial charge on any atom is 0.0716 e. The highest BCUT2D eigenvalue weighted by molar-refractivity contribution is 5.94. The Bertz CT molecular complexity index is 4440. The van der Waals surface area contributed by atoms with Crippen LogP contribution in [0.2, 0.25) is 0 Å². The highest BCUT2D eigenvalue weighted by Gasteiger charge is 2.49. The lowest BCUT2D eigenvalue weighted by Crippen LogP contribution is -2.30. The van der Waals surface area contributed by atoms with E-state index in [1.165, 1.54) is 111 Å². The van der Waals surface area contributed by atoms with Crippen LogP contribution in [0.3, 0.4) is 0 Å². The van der Waals surface area contributed by atoms with E-state index < -0.39 is 10.8 Å². The van der Waals surface area contributed by atoms with E-state index in [1.807, 2.05) is 12.2 Å². The van der Waals surface area contributed by atoms with Crippen LogP contribution in [0.1, 0.15) is 103 Å². The number of aryl methyl sites for hydroxylation is 4. The molecule has 2 heteroatoms. The largest absolute Gasteiger partial charge is 0.310 e. The van der Waals surface area contributed by atoms with E-state index in [9.17, 15) is 0 Å². The zero-order chi connectivity index (χ0) is 59.3. The Hall–Kier alpha value is -10.3. The van der Waals surface area contributed by atoms with Crippen LogP contribution in [0.25, 0.3) is 45.5 Å². The molecule has 12 aromatic carbocycles. The molecule has 12 aromatic rings. The predicted molar refractivity (Wildman–Crippen MR) is 367 cm³/mol. The van der Waals surface area contributed by atoms with Gasteiger partial charge in [-0.15, -0.1) is 0 Å². The Balaban J connectivity index is 0.874. The van der Waals surface area contributed by atoms with Crippen molar-refractivity contribution >= 4 is 46.3 Å². The van der Waals surface area contributed by atoms with Gasteiger partial charge in [0.15, 0.2) is 0 Å². The minimum absolute atomic E-state index is 0.356. The van der Waals surface area contributed by atoms with Gasteiger partial charge >= 0.3 is 0 Å². The van der Waals surface area contributed by atoms with Gasteiger partial charge in [-0.2, -0.15) is 0 Å². The van der Waals surface area contributed by atoms with Crippen molar-refractivity contribution in [2.45, 2.75) is 57.8 Å². The van der Waals surface area contributed by atoms with Crippen LogP contribution in [-0.4, -0.2) is 0 Å². The molecule has 87 heavy (non-hydrogen) atoms. The molecule has 0 radical (unpaired) electrons. The summed E-state index contributed by atoms with van der Waals surface area (Å²) in [5.74, 6) is 0. The average Bonchev–Trinajstić information content (AvgIpc) is 1.59. The van der Waals surface area contributed by atoms with Gasteiger partial charge in [0.2, 0.25) is 0 Å². The SMILES string of the molecule is C=Cc1ccc(C2(c3cc(C)ccc3C)c3ccccc3-c3ccc(N(c4ccccc4)c4ccc5c(c4)C(C)(C)c4cc(N(c6ccccc6)c6ccc7c(c6)C(c6ccc(C=C)cc6)(c6cc(C)ccc6C)c6ccccc6-7)ccc4-5)cc32)cc1. The summed E-state index contributed by atoms with van der Waals surface area (Å²) in [4.78, 5) is 4.94. The molecule has 0 saturated heterocycles. The van der Waals surface area contributed by atoms with Crippen molar-refractivity contribution in [3.05, 3.63) is 369 Å². The summed E-state index contributed by atoms with van der Waals surface area (Å²) in [7, 11) is 0. The van der Waals surface area contributed by atoms with E-state index in [1.54, 1.807) is 0 Å². The van der Waals surface area contributed by atoms with Gasteiger partial charge < -0.3 is 9.80 Å². The van der Waals surface area contributed by atoms with Crippen LogP contribution in [0.5, 0.6) is 0 Å². The van der Waals surface area contributed by atoms with Crippen molar-refractivity contribution < 1.29 is 0 Å². The van der Waals surface area contributed by atoms with Gasteiger partial charge in [0.1, 0.15) is 0 Å². The van der Waals surface area contributed by atoms with Crippen molar-refractivity contribution in [3.63, 3.8) is 0 Å². The van der Waals surface area contributed by atoms with Crippen molar-refractivity contribution in [3.8, 4) is 33.4 Å². The first kappa shape index (κ1) is 53.4. The molecular formula is C85H68N2.